The normalized spacial score (nSPS) is 10.9. The van der Waals surface area contributed by atoms with Crippen LogP contribution in [-0.2, 0) is 0 Å². The zero-order valence-electron chi connectivity index (χ0n) is 15.5. The van der Waals surface area contributed by atoms with Crippen LogP contribution in [0.15, 0.2) is 66.6 Å². The van der Waals surface area contributed by atoms with Crippen molar-refractivity contribution in [3.8, 4) is 17.2 Å². The van der Waals surface area contributed by atoms with Crippen molar-refractivity contribution in [3.05, 3.63) is 77.7 Å². The Hall–Kier alpha value is -3.82. The quantitative estimate of drug-likeness (QED) is 0.401. The fourth-order valence-corrected chi connectivity index (χ4v) is 4.36. The third-order valence-electron chi connectivity index (χ3n) is 4.87. The molecule has 140 valence electrons. The number of rotatable bonds is 3. The summed E-state index contributed by atoms with van der Waals surface area (Å²) >= 11 is 1.75. The monoisotopic (exact) mass is 395 g/mol. The van der Waals surface area contributed by atoms with E-state index in [9.17, 15) is 5.26 Å². The van der Waals surface area contributed by atoms with Gasteiger partial charge in [0.25, 0.3) is 0 Å². The Bertz CT molecular complexity index is 1420. The van der Waals surface area contributed by atoms with E-state index in [1.807, 2.05) is 12.1 Å². The van der Waals surface area contributed by atoms with Crippen LogP contribution in [0.25, 0.3) is 32.2 Å². The lowest BCUT2D eigenvalue weighted by molar-refractivity contribution is 1.29. The Balaban J connectivity index is 0.00000218. The molecule has 0 atom stereocenters. The number of benzene rings is 2. The van der Waals surface area contributed by atoms with E-state index in [1.54, 1.807) is 42.2 Å². The Morgan fingerprint density at radius 2 is 1.97 bits per heavy atom. The third kappa shape index (κ3) is 3.08. The summed E-state index contributed by atoms with van der Waals surface area (Å²) in [4.78, 5) is 13.2. The Morgan fingerprint density at radius 1 is 1.07 bits per heavy atom. The maximum absolute atomic E-state index is 9.37. The first-order chi connectivity index (χ1) is 14.2. The zero-order chi connectivity index (χ0) is 19.8. The molecule has 0 saturated heterocycles. The van der Waals surface area contributed by atoms with E-state index in [0.717, 1.165) is 27.8 Å². The van der Waals surface area contributed by atoms with E-state index in [0.29, 0.717) is 11.3 Å². The van der Waals surface area contributed by atoms with Gasteiger partial charge in [0.1, 0.15) is 6.07 Å². The molecule has 6 heteroatoms. The number of aromatic nitrogens is 3. The molecule has 0 aliphatic rings. The van der Waals surface area contributed by atoms with Crippen molar-refractivity contribution in [2.75, 3.05) is 5.32 Å². The van der Waals surface area contributed by atoms with Gasteiger partial charge in [-0.2, -0.15) is 5.26 Å². The molecule has 2 aromatic carbocycles. The van der Waals surface area contributed by atoms with E-state index in [4.69, 9.17) is 0 Å². The molecule has 0 bridgehead atoms. The highest BCUT2D eigenvalue weighted by atomic mass is 32.1. The zero-order valence-corrected chi connectivity index (χ0v) is 16.4. The van der Waals surface area contributed by atoms with Crippen LogP contribution in [0, 0.1) is 18.3 Å². The van der Waals surface area contributed by atoms with Crippen molar-refractivity contribution in [1.82, 2.24) is 15.0 Å². The number of hydrogen-bond acceptors (Lipinski definition) is 6. The van der Waals surface area contributed by atoms with Crippen LogP contribution in [0.4, 0.5) is 11.4 Å². The fraction of sp³-hybridized carbons (Fsp3) is 0.0435. The molecule has 1 N–H and O–H groups in total. The lowest BCUT2D eigenvalue weighted by atomic mass is 10.0. The van der Waals surface area contributed by atoms with Gasteiger partial charge in [-0.05, 0) is 59.1 Å². The topological polar surface area (TPSA) is 74.5 Å². The maximum Gasteiger partial charge on any atom is 0.101 e. The second kappa shape index (κ2) is 6.97. The van der Waals surface area contributed by atoms with Gasteiger partial charge in [0.05, 0.1) is 28.5 Å². The molecule has 0 unspecified atom stereocenters. The van der Waals surface area contributed by atoms with Gasteiger partial charge in [0.15, 0.2) is 0 Å². The minimum Gasteiger partial charge on any atom is -0.353 e. The minimum absolute atomic E-state index is 0. The number of pyridine rings is 1. The molecule has 3 heterocycles. The molecule has 0 spiro atoms. The van der Waals surface area contributed by atoms with Gasteiger partial charge in [-0.3, -0.25) is 15.0 Å². The first-order valence-corrected chi connectivity index (χ1v) is 9.95. The van der Waals surface area contributed by atoms with Crippen molar-refractivity contribution in [2.24, 2.45) is 0 Å². The van der Waals surface area contributed by atoms with Crippen LogP contribution >= 0.6 is 11.3 Å². The standard InChI is InChI=1S/C23H15N5S.H2/c1-14-13-29-22-3-2-15(8-18(14)22)19-9-17(10-20-23(19)27-7-6-26-20)28-21-12-25-5-4-16(21)11-24;/h2-10,12-13,28H,1H3;1H. The number of anilines is 2. The first-order valence-electron chi connectivity index (χ1n) is 9.07. The minimum atomic E-state index is 0. The second-order valence-electron chi connectivity index (χ2n) is 6.74. The van der Waals surface area contributed by atoms with Gasteiger partial charge in [0, 0.05) is 36.0 Å². The fourth-order valence-electron chi connectivity index (χ4n) is 3.44. The van der Waals surface area contributed by atoms with Gasteiger partial charge < -0.3 is 5.32 Å². The molecule has 3 aromatic heterocycles. The molecule has 5 nitrogen and oxygen atoms in total. The molecule has 0 aliphatic heterocycles. The second-order valence-corrected chi connectivity index (χ2v) is 7.65. The van der Waals surface area contributed by atoms with Crippen molar-refractivity contribution in [2.45, 2.75) is 6.92 Å². The number of nitrogens with one attached hydrogen (secondary N) is 1. The highest BCUT2D eigenvalue weighted by Gasteiger charge is 2.12. The van der Waals surface area contributed by atoms with E-state index in [-0.39, 0.29) is 1.43 Å². The molecule has 5 rings (SSSR count). The summed E-state index contributed by atoms with van der Waals surface area (Å²) in [6.45, 7) is 2.13. The van der Waals surface area contributed by atoms with E-state index >= 15 is 0 Å². The van der Waals surface area contributed by atoms with E-state index in [2.05, 4.69) is 56.8 Å². The van der Waals surface area contributed by atoms with Crippen molar-refractivity contribution in [1.29, 1.82) is 5.26 Å². The third-order valence-corrected chi connectivity index (χ3v) is 5.95. The molecule has 0 amide bonds. The van der Waals surface area contributed by atoms with Gasteiger partial charge in [-0.25, -0.2) is 0 Å². The SMILES string of the molecule is Cc1csc2ccc(-c3cc(Nc4cnccc4C#N)cc4nccnc34)cc12.[HH]. The summed E-state index contributed by atoms with van der Waals surface area (Å²) < 4.78 is 1.27. The van der Waals surface area contributed by atoms with E-state index in [1.165, 1.54) is 15.6 Å². The van der Waals surface area contributed by atoms with Crippen LogP contribution in [0.3, 0.4) is 0 Å². The van der Waals surface area contributed by atoms with Crippen molar-refractivity contribution < 1.29 is 1.43 Å². The maximum atomic E-state index is 9.37. The number of nitrogens with zero attached hydrogens (tertiary/aromatic N) is 4. The smallest absolute Gasteiger partial charge is 0.101 e. The summed E-state index contributed by atoms with van der Waals surface area (Å²) in [7, 11) is 0. The average Bonchev–Trinajstić information content (AvgIpc) is 3.14. The lowest BCUT2D eigenvalue weighted by Crippen LogP contribution is -1.96. The van der Waals surface area contributed by atoms with Gasteiger partial charge in [0.2, 0.25) is 0 Å². The Labute approximate surface area is 172 Å². The largest absolute Gasteiger partial charge is 0.353 e. The van der Waals surface area contributed by atoms with Crippen LogP contribution in [0.2, 0.25) is 0 Å². The van der Waals surface area contributed by atoms with Crippen LogP contribution < -0.4 is 5.32 Å². The Kier molecular flexibility index (Phi) is 4.15. The molecule has 5 aromatic rings. The summed E-state index contributed by atoms with van der Waals surface area (Å²) in [5.74, 6) is 0. The number of aryl methyl sites for hydroxylation is 1. The number of nitriles is 1. The summed E-state index contributed by atoms with van der Waals surface area (Å²) in [5.41, 5.74) is 7.01. The van der Waals surface area contributed by atoms with E-state index < -0.39 is 0 Å². The number of fused-ring (bicyclic) bond motifs is 2. The number of hydrogen-bond donors (Lipinski definition) is 1. The Morgan fingerprint density at radius 3 is 2.86 bits per heavy atom. The van der Waals surface area contributed by atoms with Crippen molar-refractivity contribution in [3.63, 3.8) is 0 Å². The molecule has 0 aliphatic carbocycles. The number of thiophene rings is 1. The van der Waals surface area contributed by atoms with Gasteiger partial charge in [-0.15, -0.1) is 11.3 Å². The molecule has 0 radical (unpaired) electrons. The summed E-state index contributed by atoms with van der Waals surface area (Å²) in [6.07, 6.45) is 6.66. The molecule has 0 saturated carbocycles. The molecule has 29 heavy (non-hydrogen) atoms. The van der Waals surface area contributed by atoms with Crippen LogP contribution in [-0.4, -0.2) is 15.0 Å². The molecular formula is C23H17N5S. The summed E-state index contributed by atoms with van der Waals surface area (Å²) in [5, 5.41) is 16.1. The molecule has 0 fully saturated rings. The molecular weight excluding hydrogens is 378 g/mol. The van der Waals surface area contributed by atoms with Crippen LogP contribution in [0.5, 0.6) is 0 Å². The van der Waals surface area contributed by atoms with Gasteiger partial charge in [-0.1, -0.05) is 6.07 Å². The first kappa shape index (κ1) is 17.3. The predicted octanol–water partition coefficient (Wildman–Crippen LogP) is 6.08. The van der Waals surface area contributed by atoms with Gasteiger partial charge >= 0.3 is 0 Å². The summed E-state index contributed by atoms with van der Waals surface area (Å²) in [6, 6.07) is 14.4. The lowest BCUT2D eigenvalue weighted by Gasteiger charge is -2.12. The van der Waals surface area contributed by atoms with Crippen molar-refractivity contribution >= 4 is 43.8 Å². The average molecular weight is 395 g/mol. The highest BCUT2D eigenvalue weighted by molar-refractivity contribution is 7.17. The van der Waals surface area contributed by atoms with Crippen LogP contribution in [0.1, 0.15) is 12.6 Å². The highest BCUT2D eigenvalue weighted by Crippen LogP contribution is 2.35. The predicted molar refractivity (Wildman–Crippen MR) is 119 cm³/mol.